The first-order valence-electron chi connectivity index (χ1n) is 8.89. The van der Waals surface area contributed by atoms with Crippen LogP contribution in [-0.2, 0) is 16.1 Å². The van der Waals surface area contributed by atoms with Gasteiger partial charge in [0.1, 0.15) is 5.82 Å². The van der Waals surface area contributed by atoms with Crippen molar-refractivity contribution in [2.24, 2.45) is 0 Å². The number of rotatable bonds is 3. The van der Waals surface area contributed by atoms with Gasteiger partial charge in [0.2, 0.25) is 5.91 Å². The molecule has 1 saturated heterocycles. The Bertz CT molecular complexity index is 1050. The van der Waals surface area contributed by atoms with Gasteiger partial charge >= 0.3 is 0 Å². The number of carbonyl (C=O) groups is 2. The SMILES string of the molecule is CN(Cc1nc2ccccc2[nH]1)C(=O)[C@]12CCC(=O)N1c1ccccc1S2. The second-order valence-corrected chi connectivity index (χ2v) is 8.26. The summed E-state index contributed by atoms with van der Waals surface area (Å²) in [5.41, 5.74) is 2.68. The predicted molar refractivity (Wildman–Crippen MR) is 104 cm³/mol. The zero-order chi connectivity index (χ0) is 18.6. The highest BCUT2D eigenvalue weighted by Gasteiger charge is 2.58. The first kappa shape index (κ1) is 16.4. The van der Waals surface area contributed by atoms with Crippen LogP contribution in [0.1, 0.15) is 18.7 Å². The first-order valence-corrected chi connectivity index (χ1v) is 9.70. The smallest absolute Gasteiger partial charge is 0.259 e. The number of anilines is 1. The molecule has 3 aromatic rings. The highest BCUT2D eigenvalue weighted by atomic mass is 32.2. The highest BCUT2D eigenvalue weighted by molar-refractivity contribution is 8.02. The maximum atomic E-state index is 13.5. The van der Waals surface area contributed by atoms with Crippen molar-refractivity contribution < 1.29 is 9.59 Å². The number of hydrogen-bond acceptors (Lipinski definition) is 4. The number of fused-ring (bicyclic) bond motifs is 4. The number of para-hydroxylation sites is 3. The number of H-pyrrole nitrogens is 1. The van der Waals surface area contributed by atoms with E-state index >= 15 is 0 Å². The van der Waals surface area contributed by atoms with Gasteiger partial charge < -0.3 is 9.88 Å². The second kappa shape index (κ2) is 5.85. The molecular formula is C20H18N4O2S. The van der Waals surface area contributed by atoms with Gasteiger partial charge in [-0.05, 0) is 30.7 Å². The maximum absolute atomic E-state index is 13.5. The van der Waals surface area contributed by atoms with Gasteiger partial charge in [-0.3, -0.25) is 14.5 Å². The molecule has 1 atom stereocenters. The lowest BCUT2D eigenvalue weighted by Crippen LogP contribution is -2.52. The Morgan fingerprint density at radius 3 is 2.89 bits per heavy atom. The quantitative estimate of drug-likeness (QED) is 0.760. The fourth-order valence-corrected chi connectivity index (χ4v) is 5.47. The lowest BCUT2D eigenvalue weighted by atomic mass is 10.1. The van der Waals surface area contributed by atoms with Crippen LogP contribution in [0.5, 0.6) is 0 Å². The third-order valence-electron chi connectivity index (χ3n) is 5.18. The largest absolute Gasteiger partial charge is 0.340 e. The molecule has 2 aromatic carbocycles. The topological polar surface area (TPSA) is 69.3 Å². The minimum atomic E-state index is -0.873. The molecule has 3 heterocycles. The number of benzene rings is 2. The summed E-state index contributed by atoms with van der Waals surface area (Å²) in [7, 11) is 1.77. The third-order valence-corrected chi connectivity index (χ3v) is 6.64. The molecule has 6 nitrogen and oxygen atoms in total. The summed E-state index contributed by atoms with van der Waals surface area (Å²) in [6.45, 7) is 0.369. The standard InChI is InChI=1S/C20H18N4O2S/c1-23(12-17-21-13-6-2-3-7-14(13)22-17)19(26)20-11-10-18(25)24(20)15-8-4-5-9-16(15)27-20/h2-9H,10-12H2,1H3,(H,21,22)/t20-/m1/s1. The van der Waals surface area contributed by atoms with Crippen LogP contribution in [0.2, 0.25) is 0 Å². The van der Waals surface area contributed by atoms with E-state index in [1.165, 1.54) is 11.8 Å². The number of likely N-dealkylation sites (N-methyl/N-ethyl adjacent to an activating group) is 1. The molecule has 1 N–H and O–H groups in total. The minimum absolute atomic E-state index is 0.0120. The number of hydrogen-bond donors (Lipinski definition) is 1. The summed E-state index contributed by atoms with van der Waals surface area (Å²) >= 11 is 1.49. The van der Waals surface area contributed by atoms with Crippen molar-refractivity contribution in [2.45, 2.75) is 29.2 Å². The van der Waals surface area contributed by atoms with Gasteiger partial charge in [-0.25, -0.2) is 4.98 Å². The van der Waals surface area contributed by atoms with E-state index in [9.17, 15) is 9.59 Å². The van der Waals surface area contributed by atoms with Gasteiger partial charge in [0, 0.05) is 18.4 Å². The first-order chi connectivity index (χ1) is 13.1. The van der Waals surface area contributed by atoms with Crippen LogP contribution in [0.15, 0.2) is 53.4 Å². The van der Waals surface area contributed by atoms with Crippen LogP contribution in [0.25, 0.3) is 11.0 Å². The van der Waals surface area contributed by atoms with E-state index in [1.807, 2.05) is 48.5 Å². The van der Waals surface area contributed by atoms with Crippen molar-refractivity contribution in [3.05, 3.63) is 54.4 Å². The van der Waals surface area contributed by atoms with E-state index < -0.39 is 4.87 Å². The maximum Gasteiger partial charge on any atom is 0.259 e. The average molecular weight is 378 g/mol. The van der Waals surface area contributed by atoms with E-state index in [0.717, 1.165) is 27.4 Å². The van der Waals surface area contributed by atoms with Gasteiger partial charge in [-0.15, -0.1) is 0 Å². The molecule has 0 unspecified atom stereocenters. The number of aromatic amines is 1. The molecule has 0 aliphatic carbocycles. The molecule has 1 fully saturated rings. The predicted octanol–water partition coefficient (Wildman–Crippen LogP) is 3.15. The van der Waals surface area contributed by atoms with Crippen LogP contribution >= 0.6 is 11.8 Å². The highest BCUT2D eigenvalue weighted by Crippen LogP contribution is 2.56. The summed E-state index contributed by atoms with van der Waals surface area (Å²) in [6.07, 6.45) is 0.917. The van der Waals surface area contributed by atoms with E-state index in [4.69, 9.17) is 0 Å². The second-order valence-electron chi connectivity index (χ2n) is 6.95. The molecule has 0 radical (unpaired) electrons. The Morgan fingerprint density at radius 1 is 1.26 bits per heavy atom. The fraction of sp³-hybridized carbons (Fsp3) is 0.250. The van der Waals surface area contributed by atoms with E-state index in [0.29, 0.717) is 19.4 Å². The summed E-state index contributed by atoms with van der Waals surface area (Å²) in [4.78, 5) is 37.3. The zero-order valence-electron chi connectivity index (χ0n) is 14.8. The molecule has 7 heteroatoms. The molecule has 0 spiro atoms. The fourth-order valence-electron chi connectivity index (χ4n) is 3.96. The van der Waals surface area contributed by atoms with Gasteiger partial charge in [-0.1, -0.05) is 36.0 Å². The number of nitrogens with zero attached hydrogens (tertiary/aromatic N) is 3. The van der Waals surface area contributed by atoms with E-state index in [2.05, 4.69) is 9.97 Å². The Hall–Kier alpha value is -2.80. The van der Waals surface area contributed by atoms with E-state index in [-0.39, 0.29) is 11.8 Å². The van der Waals surface area contributed by atoms with Gasteiger partial charge in [-0.2, -0.15) is 0 Å². The lowest BCUT2D eigenvalue weighted by molar-refractivity contribution is -0.133. The molecule has 27 heavy (non-hydrogen) atoms. The average Bonchev–Trinajstić information content (AvgIpc) is 3.32. The molecule has 2 aliphatic rings. The molecule has 1 aromatic heterocycles. The summed E-state index contributed by atoms with van der Waals surface area (Å²) in [6, 6.07) is 15.5. The monoisotopic (exact) mass is 378 g/mol. The van der Waals surface area contributed by atoms with Crippen molar-refractivity contribution >= 4 is 40.3 Å². The van der Waals surface area contributed by atoms with Crippen molar-refractivity contribution in [3.63, 3.8) is 0 Å². The third kappa shape index (κ3) is 2.38. The number of carbonyl (C=O) groups excluding carboxylic acids is 2. The molecule has 2 amide bonds. The normalized spacial score (nSPS) is 20.8. The van der Waals surface area contributed by atoms with Crippen LogP contribution in [-0.4, -0.2) is 38.6 Å². The molecule has 0 saturated carbocycles. The Balaban J connectivity index is 1.45. The summed E-state index contributed by atoms with van der Waals surface area (Å²) in [5.74, 6) is 0.688. The van der Waals surface area contributed by atoms with Crippen molar-refractivity contribution in [3.8, 4) is 0 Å². The molecule has 136 valence electrons. The molecule has 5 rings (SSSR count). The van der Waals surface area contributed by atoms with Crippen LogP contribution in [0.4, 0.5) is 5.69 Å². The van der Waals surface area contributed by atoms with E-state index in [1.54, 1.807) is 16.8 Å². The van der Waals surface area contributed by atoms with Crippen LogP contribution < -0.4 is 4.90 Å². The molecule has 0 bridgehead atoms. The van der Waals surface area contributed by atoms with Crippen molar-refractivity contribution in [2.75, 3.05) is 11.9 Å². The summed E-state index contributed by atoms with van der Waals surface area (Å²) in [5, 5.41) is 0. The molecular weight excluding hydrogens is 360 g/mol. The number of aromatic nitrogens is 2. The number of nitrogens with one attached hydrogen (secondary N) is 1. The van der Waals surface area contributed by atoms with Crippen molar-refractivity contribution in [1.29, 1.82) is 0 Å². The lowest BCUT2D eigenvalue weighted by Gasteiger charge is -2.33. The zero-order valence-corrected chi connectivity index (χ0v) is 15.6. The van der Waals surface area contributed by atoms with Gasteiger partial charge in [0.15, 0.2) is 4.87 Å². The van der Waals surface area contributed by atoms with Crippen LogP contribution in [0.3, 0.4) is 0 Å². The number of thioether (sulfide) groups is 1. The van der Waals surface area contributed by atoms with Gasteiger partial charge in [0.25, 0.3) is 5.91 Å². The Labute approximate surface area is 160 Å². The minimum Gasteiger partial charge on any atom is -0.340 e. The number of amides is 2. The van der Waals surface area contributed by atoms with Crippen LogP contribution in [0, 0.1) is 0 Å². The summed E-state index contributed by atoms with van der Waals surface area (Å²) < 4.78 is 0. The number of imidazole rings is 1. The van der Waals surface area contributed by atoms with Gasteiger partial charge in [0.05, 0.1) is 23.3 Å². The Morgan fingerprint density at radius 2 is 2.04 bits per heavy atom. The Kier molecular flexibility index (Phi) is 3.55. The molecule has 2 aliphatic heterocycles. The van der Waals surface area contributed by atoms with Crippen molar-refractivity contribution in [1.82, 2.24) is 14.9 Å².